The van der Waals surface area contributed by atoms with Gasteiger partial charge in [0, 0.05) is 43.0 Å². The number of aromatic nitrogens is 6. The average molecular weight is 387 g/mol. The van der Waals surface area contributed by atoms with Crippen molar-refractivity contribution in [3.05, 3.63) is 60.8 Å². The molecule has 8 heteroatoms. The maximum absolute atomic E-state index is 5.97. The lowest BCUT2D eigenvalue weighted by Crippen LogP contribution is -2.27. The first-order valence-corrected chi connectivity index (χ1v) is 9.53. The van der Waals surface area contributed by atoms with Gasteiger partial charge in [0.1, 0.15) is 12.0 Å². The summed E-state index contributed by atoms with van der Waals surface area (Å²) in [5.74, 6) is 1.44. The zero-order valence-corrected chi connectivity index (χ0v) is 16.3. The molecule has 1 aliphatic rings. The topological polar surface area (TPSA) is 109 Å². The van der Waals surface area contributed by atoms with Gasteiger partial charge >= 0.3 is 0 Å². The Hall–Kier alpha value is -3.55. The van der Waals surface area contributed by atoms with Crippen LogP contribution in [0.15, 0.2) is 53.8 Å². The number of nitrogens with two attached hydrogens (primary N) is 1. The molecule has 4 aromatic heterocycles. The van der Waals surface area contributed by atoms with E-state index in [1.807, 2.05) is 25.5 Å². The van der Waals surface area contributed by atoms with Crippen LogP contribution in [-0.2, 0) is 12.5 Å². The second-order valence-corrected chi connectivity index (χ2v) is 7.68. The van der Waals surface area contributed by atoms with E-state index in [1.165, 1.54) is 0 Å². The Morgan fingerprint density at radius 2 is 1.83 bits per heavy atom. The Balaban J connectivity index is 1.50. The highest BCUT2D eigenvalue weighted by Gasteiger charge is 2.47. The lowest BCUT2D eigenvalue weighted by Gasteiger charge is -2.26. The van der Waals surface area contributed by atoms with Gasteiger partial charge < -0.3 is 10.2 Å². The van der Waals surface area contributed by atoms with Gasteiger partial charge in [-0.1, -0.05) is 6.07 Å². The fourth-order valence-electron chi connectivity index (χ4n) is 3.73. The van der Waals surface area contributed by atoms with Gasteiger partial charge in [0.05, 0.1) is 17.3 Å². The van der Waals surface area contributed by atoms with Crippen molar-refractivity contribution in [2.45, 2.75) is 25.2 Å². The first-order chi connectivity index (χ1) is 14.0. The highest BCUT2D eigenvalue weighted by molar-refractivity contribution is 5.58. The van der Waals surface area contributed by atoms with Crippen LogP contribution in [0.5, 0.6) is 0 Å². The molecular weight excluding hydrogens is 366 g/mol. The SMILES string of the molecule is Cn1cc(-c2coc([C@](C)(c3ccc(-c4cnc(N)nc4)nc3)C3CC3)n2)cn1. The number of pyridine rings is 1. The number of nitrogen functional groups attached to an aromatic ring is 1. The van der Waals surface area contributed by atoms with Gasteiger partial charge in [0.25, 0.3) is 0 Å². The van der Waals surface area contributed by atoms with Crippen LogP contribution in [0.25, 0.3) is 22.5 Å². The highest BCUT2D eigenvalue weighted by Crippen LogP contribution is 2.51. The second-order valence-electron chi connectivity index (χ2n) is 7.68. The Morgan fingerprint density at radius 3 is 2.45 bits per heavy atom. The van der Waals surface area contributed by atoms with Crippen molar-refractivity contribution in [3.8, 4) is 22.5 Å². The molecule has 8 nitrogen and oxygen atoms in total. The summed E-state index contributed by atoms with van der Waals surface area (Å²) in [6.45, 7) is 2.19. The molecule has 0 unspecified atom stereocenters. The third-order valence-corrected chi connectivity index (χ3v) is 5.67. The van der Waals surface area contributed by atoms with Crippen LogP contribution in [0.3, 0.4) is 0 Å². The van der Waals surface area contributed by atoms with Crippen molar-refractivity contribution in [1.82, 2.24) is 29.7 Å². The lowest BCUT2D eigenvalue weighted by atomic mass is 9.78. The van der Waals surface area contributed by atoms with E-state index in [-0.39, 0.29) is 11.4 Å². The number of hydrogen-bond donors (Lipinski definition) is 1. The van der Waals surface area contributed by atoms with E-state index in [2.05, 4.69) is 33.0 Å². The normalized spacial score (nSPS) is 15.9. The van der Waals surface area contributed by atoms with Crippen LogP contribution in [0.1, 0.15) is 31.2 Å². The van der Waals surface area contributed by atoms with Crippen LogP contribution < -0.4 is 5.73 Å². The molecule has 0 bridgehead atoms. The smallest absolute Gasteiger partial charge is 0.219 e. The molecule has 4 aromatic rings. The number of aryl methyl sites for hydroxylation is 1. The van der Waals surface area contributed by atoms with Gasteiger partial charge in [-0.15, -0.1) is 0 Å². The van der Waals surface area contributed by atoms with E-state index in [4.69, 9.17) is 15.1 Å². The van der Waals surface area contributed by atoms with Crippen molar-refractivity contribution in [3.63, 3.8) is 0 Å². The number of rotatable bonds is 5. The van der Waals surface area contributed by atoms with Crippen molar-refractivity contribution in [2.75, 3.05) is 5.73 Å². The molecule has 1 aliphatic carbocycles. The second kappa shape index (κ2) is 6.51. The molecule has 0 amide bonds. The Bertz CT molecular complexity index is 1140. The largest absolute Gasteiger partial charge is 0.447 e. The molecule has 5 rings (SSSR count). The average Bonchev–Trinajstić information content (AvgIpc) is 3.32. The van der Waals surface area contributed by atoms with E-state index in [1.54, 1.807) is 29.5 Å². The quantitative estimate of drug-likeness (QED) is 0.560. The van der Waals surface area contributed by atoms with Gasteiger partial charge in [-0.2, -0.15) is 5.10 Å². The third-order valence-electron chi connectivity index (χ3n) is 5.67. The molecule has 1 fully saturated rings. The van der Waals surface area contributed by atoms with Crippen molar-refractivity contribution >= 4 is 5.95 Å². The summed E-state index contributed by atoms with van der Waals surface area (Å²) < 4.78 is 7.72. The molecule has 2 N–H and O–H groups in total. The van der Waals surface area contributed by atoms with E-state index in [9.17, 15) is 0 Å². The molecule has 0 spiro atoms. The molecule has 0 saturated heterocycles. The zero-order valence-electron chi connectivity index (χ0n) is 16.3. The minimum Gasteiger partial charge on any atom is -0.447 e. The summed E-state index contributed by atoms with van der Waals surface area (Å²) in [5.41, 5.74) is 9.69. The summed E-state index contributed by atoms with van der Waals surface area (Å²) in [4.78, 5) is 17.5. The highest BCUT2D eigenvalue weighted by atomic mass is 16.3. The minimum absolute atomic E-state index is 0.250. The zero-order chi connectivity index (χ0) is 20.0. The molecule has 29 heavy (non-hydrogen) atoms. The van der Waals surface area contributed by atoms with E-state index < -0.39 is 0 Å². The molecule has 1 atom stereocenters. The van der Waals surface area contributed by atoms with Crippen LogP contribution in [0, 0.1) is 5.92 Å². The van der Waals surface area contributed by atoms with E-state index in [0.29, 0.717) is 11.8 Å². The van der Waals surface area contributed by atoms with Crippen LogP contribution in [0.4, 0.5) is 5.95 Å². The molecular formula is C21H21N7O. The number of hydrogen-bond acceptors (Lipinski definition) is 7. The Kier molecular flexibility index (Phi) is 3.94. The maximum atomic E-state index is 5.97. The molecule has 1 saturated carbocycles. The first kappa shape index (κ1) is 17.5. The van der Waals surface area contributed by atoms with Gasteiger partial charge in [-0.25, -0.2) is 15.0 Å². The maximum Gasteiger partial charge on any atom is 0.219 e. The third kappa shape index (κ3) is 3.06. The van der Waals surface area contributed by atoms with Crippen LogP contribution >= 0.6 is 0 Å². The number of oxazole rings is 1. The molecule has 0 aliphatic heterocycles. The van der Waals surface area contributed by atoms with Crippen LogP contribution in [-0.4, -0.2) is 29.7 Å². The van der Waals surface area contributed by atoms with Gasteiger partial charge in [-0.05, 0) is 37.3 Å². The predicted octanol–water partition coefficient (Wildman–Crippen LogP) is 3.23. The monoisotopic (exact) mass is 387 g/mol. The molecule has 0 radical (unpaired) electrons. The van der Waals surface area contributed by atoms with Gasteiger partial charge in [-0.3, -0.25) is 9.67 Å². The molecule has 0 aromatic carbocycles. The summed E-state index contributed by atoms with van der Waals surface area (Å²) in [6, 6.07) is 4.07. The summed E-state index contributed by atoms with van der Waals surface area (Å²) in [7, 11) is 1.89. The van der Waals surface area contributed by atoms with Crippen LogP contribution in [0.2, 0.25) is 0 Å². The fourth-order valence-corrected chi connectivity index (χ4v) is 3.73. The predicted molar refractivity (Wildman–Crippen MR) is 108 cm³/mol. The van der Waals surface area contributed by atoms with Crippen molar-refractivity contribution in [1.29, 1.82) is 0 Å². The number of nitrogens with zero attached hydrogens (tertiary/aromatic N) is 6. The summed E-state index contributed by atoms with van der Waals surface area (Å²) >= 11 is 0. The Labute approximate surface area is 167 Å². The molecule has 146 valence electrons. The van der Waals surface area contributed by atoms with Gasteiger partial charge in [0.2, 0.25) is 11.8 Å². The Morgan fingerprint density at radius 1 is 1.03 bits per heavy atom. The van der Waals surface area contributed by atoms with Gasteiger partial charge in [0.15, 0.2) is 0 Å². The minimum atomic E-state index is -0.330. The summed E-state index contributed by atoms with van der Waals surface area (Å²) in [5, 5.41) is 4.22. The summed E-state index contributed by atoms with van der Waals surface area (Å²) in [6.07, 6.45) is 13.0. The molecule has 4 heterocycles. The van der Waals surface area contributed by atoms with E-state index >= 15 is 0 Å². The lowest BCUT2D eigenvalue weighted by molar-refractivity contribution is 0.357. The van der Waals surface area contributed by atoms with E-state index in [0.717, 1.165) is 40.9 Å². The van der Waals surface area contributed by atoms with Crippen molar-refractivity contribution < 1.29 is 4.42 Å². The van der Waals surface area contributed by atoms with Crippen molar-refractivity contribution in [2.24, 2.45) is 13.0 Å². The first-order valence-electron chi connectivity index (χ1n) is 9.53. The standard InChI is InChI=1S/C21H21N7O/c1-21(15-3-4-15,19-27-18(12-29-19)14-9-26-28(2)11-14)16-5-6-17(23-10-16)13-7-24-20(22)25-8-13/h5-12,15H,3-4H2,1-2H3,(H2,22,24,25)/t21-/m0/s1. The number of anilines is 1. The fraction of sp³-hybridized carbons (Fsp3) is 0.286.